The lowest BCUT2D eigenvalue weighted by molar-refractivity contribution is -0.124. The van der Waals surface area contributed by atoms with E-state index in [1.54, 1.807) is 12.1 Å². The molecule has 2 amide bonds. The van der Waals surface area contributed by atoms with Gasteiger partial charge in [0.2, 0.25) is 0 Å². The number of hydrogen-bond donors (Lipinski definition) is 3. The molecule has 0 unspecified atom stereocenters. The van der Waals surface area contributed by atoms with Crippen molar-refractivity contribution in [3.05, 3.63) is 56.0 Å². The van der Waals surface area contributed by atoms with Crippen LogP contribution >= 0.6 is 51.3 Å². The van der Waals surface area contributed by atoms with Gasteiger partial charge in [0, 0.05) is 9.50 Å². The molecule has 0 saturated heterocycles. The van der Waals surface area contributed by atoms with Crippen LogP contribution in [0.5, 0.6) is 11.5 Å². The Hall–Kier alpha value is -2.07. The fourth-order valence-electron chi connectivity index (χ4n) is 2.48. The molecule has 0 aliphatic rings. The Morgan fingerprint density at radius 3 is 2.34 bits per heavy atom. The zero-order chi connectivity index (χ0) is 23.8. The van der Waals surface area contributed by atoms with Crippen molar-refractivity contribution < 1.29 is 19.1 Å². The maximum Gasteiger partial charge on any atom is 0.276 e. The molecule has 0 heterocycles. The van der Waals surface area contributed by atoms with Crippen LogP contribution in [0.25, 0.3) is 0 Å². The standard InChI is InChI=1S/C21H22BrCl2N3O4S/c1-11(2)14-8-15(22)12(3)6-18(14)31-9-19(28)25-21(32)27-26-20(29)10-30-17-5-4-13(23)7-16(17)24/h4-8,11H,9-10H2,1-3H3,(H,26,29)(H2,25,27,28,32). The Morgan fingerprint density at radius 1 is 1.03 bits per heavy atom. The highest BCUT2D eigenvalue weighted by atomic mass is 79.9. The number of benzene rings is 2. The minimum Gasteiger partial charge on any atom is -0.483 e. The molecule has 0 aliphatic carbocycles. The molecule has 2 rings (SSSR count). The maximum atomic E-state index is 12.1. The first-order chi connectivity index (χ1) is 15.1. The molecule has 11 heteroatoms. The molecule has 0 radical (unpaired) electrons. The van der Waals surface area contributed by atoms with Crippen molar-refractivity contribution in [3.8, 4) is 11.5 Å². The third-order valence-corrected chi connectivity index (χ3v) is 5.68. The van der Waals surface area contributed by atoms with Crippen LogP contribution < -0.4 is 25.6 Å². The van der Waals surface area contributed by atoms with Crippen molar-refractivity contribution in [2.45, 2.75) is 26.7 Å². The summed E-state index contributed by atoms with van der Waals surface area (Å²) < 4.78 is 12.0. The molecular weight excluding hydrogens is 541 g/mol. The molecule has 0 aromatic heterocycles. The molecule has 7 nitrogen and oxygen atoms in total. The number of nitrogens with one attached hydrogen (secondary N) is 3. The highest BCUT2D eigenvalue weighted by Gasteiger charge is 2.13. The number of rotatable bonds is 7. The van der Waals surface area contributed by atoms with E-state index in [-0.39, 0.29) is 29.3 Å². The van der Waals surface area contributed by atoms with Gasteiger partial charge >= 0.3 is 0 Å². The molecule has 0 aliphatic heterocycles. The zero-order valence-electron chi connectivity index (χ0n) is 17.6. The van der Waals surface area contributed by atoms with Gasteiger partial charge in [-0.2, -0.15) is 0 Å². The van der Waals surface area contributed by atoms with Gasteiger partial charge < -0.3 is 9.47 Å². The van der Waals surface area contributed by atoms with Crippen LogP contribution in [0.3, 0.4) is 0 Å². The van der Waals surface area contributed by atoms with E-state index in [0.717, 1.165) is 15.6 Å². The van der Waals surface area contributed by atoms with Gasteiger partial charge in [-0.05, 0) is 66.5 Å². The number of ether oxygens (including phenoxy) is 2. The first kappa shape index (κ1) is 26.2. The third-order valence-electron chi connectivity index (χ3n) is 4.09. The molecule has 32 heavy (non-hydrogen) atoms. The first-order valence-electron chi connectivity index (χ1n) is 9.46. The van der Waals surface area contributed by atoms with E-state index < -0.39 is 11.8 Å². The summed E-state index contributed by atoms with van der Waals surface area (Å²) in [5.74, 6) is 0.143. The number of aryl methyl sites for hydroxylation is 1. The van der Waals surface area contributed by atoms with Gasteiger partial charge in [-0.3, -0.25) is 25.8 Å². The van der Waals surface area contributed by atoms with E-state index in [0.29, 0.717) is 16.5 Å². The van der Waals surface area contributed by atoms with Gasteiger partial charge in [0.05, 0.1) is 5.02 Å². The van der Waals surface area contributed by atoms with Crippen molar-refractivity contribution in [2.75, 3.05) is 13.2 Å². The highest BCUT2D eigenvalue weighted by molar-refractivity contribution is 9.10. The van der Waals surface area contributed by atoms with Crippen LogP contribution in [0.2, 0.25) is 10.0 Å². The van der Waals surface area contributed by atoms with E-state index in [4.69, 9.17) is 44.9 Å². The summed E-state index contributed by atoms with van der Waals surface area (Å²) in [6.07, 6.45) is 0. The second-order valence-corrected chi connectivity index (χ2v) is 9.10. The maximum absolute atomic E-state index is 12.1. The van der Waals surface area contributed by atoms with Crippen molar-refractivity contribution in [2.24, 2.45) is 0 Å². The number of hydrogen-bond acceptors (Lipinski definition) is 5. The molecule has 2 aromatic rings. The molecular formula is C21H22BrCl2N3O4S. The number of hydrazine groups is 1. The summed E-state index contributed by atoms with van der Waals surface area (Å²) >= 11 is 20.3. The predicted octanol–water partition coefficient (Wildman–Crippen LogP) is 4.67. The number of halogens is 3. The second kappa shape index (κ2) is 12.2. The minimum atomic E-state index is -0.532. The average molecular weight is 563 g/mol. The lowest BCUT2D eigenvalue weighted by Gasteiger charge is -2.16. The van der Waals surface area contributed by atoms with Crippen LogP contribution in [0, 0.1) is 6.92 Å². The normalized spacial score (nSPS) is 10.5. The van der Waals surface area contributed by atoms with Crippen LogP contribution in [-0.2, 0) is 9.59 Å². The monoisotopic (exact) mass is 561 g/mol. The van der Waals surface area contributed by atoms with Crippen molar-refractivity contribution in [3.63, 3.8) is 0 Å². The van der Waals surface area contributed by atoms with Crippen molar-refractivity contribution in [1.82, 2.24) is 16.2 Å². The lowest BCUT2D eigenvalue weighted by atomic mass is 10.0. The van der Waals surface area contributed by atoms with E-state index in [1.807, 2.05) is 32.9 Å². The number of thiocarbonyl (C=S) groups is 1. The van der Waals surface area contributed by atoms with Crippen molar-refractivity contribution >= 4 is 68.3 Å². The molecule has 2 aromatic carbocycles. The van der Waals surface area contributed by atoms with Gasteiger partial charge in [-0.1, -0.05) is 53.0 Å². The molecule has 0 saturated carbocycles. The SMILES string of the molecule is Cc1cc(OCC(=O)NC(=S)NNC(=O)COc2ccc(Cl)cc2Cl)c(C(C)C)cc1Br. The third kappa shape index (κ3) is 8.12. The summed E-state index contributed by atoms with van der Waals surface area (Å²) in [4.78, 5) is 24.0. The van der Waals surface area contributed by atoms with Crippen molar-refractivity contribution in [1.29, 1.82) is 0 Å². The summed E-state index contributed by atoms with van der Waals surface area (Å²) in [5, 5.41) is 3.07. The quantitative estimate of drug-likeness (QED) is 0.336. The van der Waals surface area contributed by atoms with E-state index in [1.165, 1.54) is 6.07 Å². The molecule has 0 fully saturated rings. The molecule has 0 spiro atoms. The van der Waals surface area contributed by atoms with E-state index in [2.05, 4.69) is 32.1 Å². The van der Waals surface area contributed by atoms with Crippen LogP contribution in [0.15, 0.2) is 34.8 Å². The molecule has 0 bridgehead atoms. The fourth-order valence-corrected chi connectivity index (χ4v) is 3.47. The average Bonchev–Trinajstić information content (AvgIpc) is 2.72. The Balaban J connectivity index is 1.77. The number of amides is 2. The molecule has 172 valence electrons. The number of carbonyl (C=O) groups excluding carboxylic acids is 2. The molecule has 3 N–H and O–H groups in total. The Kier molecular flexibility index (Phi) is 10.0. The highest BCUT2D eigenvalue weighted by Crippen LogP contribution is 2.32. The van der Waals surface area contributed by atoms with E-state index in [9.17, 15) is 9.59 Å². The van der Waals surface area contributed by atoms with E-state index >= 15 is 0 Å². The summed E-state index contributed by atoms with van der Waals surface area (Å²) in [7, 11) is 0. The van der Waals surface area contributed by atoms with Gasteiger partial charge in [0.15, 0.2) is 18.3 Å². The smallest absolute Gasteiger partial charge is 0.276 e. The largest absolute Gasteiger partial charge is 0.483 e. The Bertz CT molecular complexity index is 1020. The summed E-state index contributed by atoms with van der Waals surface area (Å²) in [5.41, 5.74) is 6.71. The first-order valence-corrected chi connectivity index (χ1v) is 11.4. The lowest BCUT2D eigenvalue weighted by Crippen LogP contribution is -2.50. The van der Waals surface area contributed by atoms with Gasteiger partial charge in [0.1, 0.15) is 11.5 Å². The van der Waals surface area contributed by atoms with Gasteiger partial charge in [0.25, 0.3) is 11.8 Å². The topological polar surface area (TPSA) is 88.7 Å². The minimum absolute atomic E-state index is 0.0902. The van der Waals surface area contributed by atoms with Crippen LogP contribution in [-0.4, -0.2) is 30.1 Å². The zero-order valence-corrected chi connectivity index (χ0v) is 21.5. The Labute approximate surface area is 210 Å². The molecule has 0 atom stereocenters. The fraction of sp³-hybridized carbons (Fsp3) is 0.286. The number of carbonyl (C=O) groups is 2. The Morgan fingerprint density at radius 2 is 1.69 bits per heavy atom. The van der Waals surface area contributed by atoms with Crippen LogP contribution in [0.1, 0.15) is 30.9 Å². The van der Waals surface area contributed by atoms with Gasteiger partial charge in [-0.15, -0.1) is 0 Å². The summed E-state index contributed by atoms with van der Waals surface area (Å²) in [6, 6.07) is 8.49. The van der Waals surface area contributed by atoms with Gasteiger partial charge in [-0.25, -0.2) is 0 Å². The summed E-state index contributed by atoms with van der Waals surface area (Å²) in [6.45, 7) is 5.45. The second-order valence-electron chi connectivity index (χ2n) is 7.00. The predicted molar refractivity (Wildman–Crippen MR) is 132 cm³/mol. The van der Waals surface area contributed by atoms with Crippen LogP contribution in [0.4, 0.5) is 0 Å².